The Bertz CT molecular complexity index is 682. The van der Waals surface area contributed by atoms with E-state index in [-0.39, 0.29) is 12.3 Å². The molecule has 0 bridgehead atoms. The molecule has 21 heavy (non-hydrogen) atoms. The summed E-state index contributed by atoms with van der Waals surface area (Å²) in [4.78, 5) is 25.8. The fourth-order valence-corrected chi connectivity index (χ4v) is 2.78. The Morgan fingerprint density at radius 1 is 1.05 bits per heavy atom. The standard InChI is InChI=1S/C17H16N2O2/c18-17(21)15-11-13-8-4-5-9-14(13)19(15)16(20)10-12-6-2-1-3-7-12/h1-9,15H,10-11H2,(H2,18,21). The highest BCUT2D eigenvalue weighted by atomic mass is 16.2. The fraction of sp³-hybridized carbons (Fsp3) is 0.176. The van der Waals surface area contributed by atoms with Gasteiger partial charge in [-0.25, -0.2) is 0 Å². The molecule has 0 saturated carbocycles. The molecule has 1 aliphatic rings. The number of nitrogens with zero attached hydrogens (tertiary/aromatic N) is 1. The third-order valence-corrected chi connectivity index (χ3v) is 3.77. The van der Waals surface area contributed by atoms with Crippen LogP contribution in [0, 0.1) is 0 Å². The zero-order valence-electron chi connectivity index (χ0n) is 11.5. The van der Waals surface area contributed by atoms with Crippen molar-refractivity contribution in [3.8, 4) is 0 Å². The van der Waals surface area contributed by atoms with Crippen LogP contribution in [0.5, 0.6) is 0 Å². The van der Waals surface area contributed by atoms with E-state index in [1.807, 2.05) is 54.6 Å². The Morgan fingerprint density at radius 2 is 1.71 bits per heavy atom. The summed E-state index contributed by atoms with van der Waals surface area (Å²) >= 11 is 0. The molecule has 1 atom stereocenters. The van der Waals surface area contributed by atoms with Gasteiger partial charge in [0.15, 0.2) is 0 Å². The van der Waals surface area contributed by atoms with Crippen molar-refractivity contribution in [1.82, 2.24) is 0 Å². The molecule has 0 spiro atoms. The summed E-state index contributed by atoms with van der Waals surface area (Å²) in [6.45, 7) is 0. The minimum absolute atomic E-state index is 0.102. The van der Waals surface area contributed by atoms with Crippen molar-refractivity contribution in [3.05, 3.63) is 65.7 Å². The first-order valence-corrected chi connectivity index (χ1v) is 6.90. The van der Waals surface area contributed by atoms with Crippen molar-refractivity contribution in [3.63, 3.8) is 0 Å². The first-order valence-electron chi connectivity index (χ1n) is 6.90. The van der Waals surface area contributed by atoms with E-state index in [9.17, 15) is 9.59 Å². The molecule has 0 aliphatic carbocycles. The Hall–Kier alpha value is -2.62. The minimum Gasteiger partial charge on any atom is -0.368 e. The van der Waals surface area contributed by atoms with E-state index in [2.05, 4.69) is 0 Å². The van der Waals surface area contributed by atoms with E-state index in [4.69, 9.17) is 5.73 Å². The number of para-hydroxylation sites is 1. The maximum atomic E-state index is 12.6. The summed E-state index contributed by atoms with van der Waals surface area (Å²) in [7, 11) is 0. The van der Waals surface area contributed by atoms with Crippen LogP contribution < -0.4 is 10.6 Å². The average Bonchev–Trinajstić information content (AvgIpc) is 2.88. The Labute approximate surface area is 123 Å². The minimum atomic E-state index is -0.585. The van der Waals surface area contributed by atoms with Gasteiger partial charge in [-0.2, -0.15) is 0 Å². The molecule has 3 rings (SSSR count). The first kappa shape index (κ1) is 13.4. The number of carbonyl (C=O) groups is 2. The first-order chi connectivity index (χ1) is 10.2. The summed E-state index contributed by atoms with van der Waals surface area (Å²) in [5, 5.41) is 0. The summed E-state index contributed by atoms with van der Waals surface area (Å²) in [6.07, 6.45) is 0.755. The van der Waals surface area contributed by atoms with Crippen LogP contribution in [0.4, 0.5) is 5.69 Å². The van der Waals surface area contributed by atoms with E-state index in [0.717, 1.165) is 16.8 Å². The molecule has 0 radical (unpaired) electrons. The number of hydrogen-bond acceptors (Lipinski definition) is 2. The Morgan fingerprint density at radius 3 is 2.43 bits per heavy atom. The molecule has 4 nitrogen and oxygen atoms in total. The zero-order chi connectivity index (χ0) is 14.8. The lowest BCUT2D eigenvalue weighted by atomic mass is 10.1. The van der Waals surface area contributed by atoms with E-state index < -0.39 is 11.9 Å². The Kier molecular flexibility index (Phi) is 3.44. The van der Waals surface area contributed by atoms with Crippen LogP contribution in [-0.2, 0) is 22.4 Å². The lowest BCUT2D eigenvalue weighted by Gasteiger charge is -2.23. The highest BCUT2D eigenvalue weighted by Gasteiger charge is 2.36. The predicted octanol–water partition coefficient (Wildman–Crippen LogP) is 1.67. The second kappa shape index (κ2) is 5.40. The van der Waals surface area contributed by atoms with Crippen LogP contribution in [0.25, 0.3) is 0 Å². The van der Waals surface area contributed by atoms with Crippen LogP contribution >= 0.6 is 0 Å². The third kappa shape index (κ3) is 2.52. The SMILES string of the molecule is NC(=O)C1Cc2ccccc2N1C(=O)Cc1ccccc1. The third-order valence-electron chi connectivity index (χ3n) is 3.77. The second-order valence-electron chi connectivity index (χ2n) is 5.18. The van der Waals surface area contributed by atoms with Gasteiger partial charge in [0.2, 0.25) is 11.8 Å². The van der Waals surface area contributed by atoms with Gasteiger partial charge in [0.1, 0.15) is 6.04 Å². The van der Waals surface area contributed by atoms with Crippen molar-refractivity contribution in [2.75, 3.05) is 4.90 Å². The van der Waals surface area contributed by atoms with Gasteiger partial charge in [0, 0.05) is 12.1 Å². The van der Waals surface area contributed by atoms with E-state index >= 15 is 0 Å². The summed E-state index contributed by atoms with van der Waals surface area (Å²) in [5.74, 6) is -0.567. The van der Waals surface area contributed by atoms with Crippen LogP contribution in [0.1, 0.15) is 11.1 Å². The molecule has 106 valence electrons. The molecule has 0 aromatic heterocycles. The lowest BCUT2D eigenvalue weighted by Crippen LogP contribution is -2.46. The van der Waals surface area contributed by atoms with Crippen molar-refractivity contribution >= 4 is 17.5 Å². The molecule has 1 aliphatic heterocycles. The number of fused-ring (bicyclic) bond motifs is 1. The number of rotatable bonds is 3. The predicted molar refractivity (Wildman–Crippen MR) is 80.8 cm³/mol. The van der Waals surface area contributed by atoms with Gasteiger partial charge in [0.25, 0.3) is 0 Å². The highest BCUT2D eigenvalue weighted by molar-refractivity contribution is 6.03. The molecule has 2 aromatic rings. The number of hydrogen-bond donors (Lipinski definition) is 1. The van der Waals surface area contributed by atoms with Gasteiger partial charge < -0.3 is 5.73 Å². The molecule has 0 fully saturated rings. The number of primary amides is 1. The quantitative estimate of drug-likeness (QED) is 0.929. The number of carbonyl (C=O) groups excluding carboxylic acids is 2. The molecule has 2 N–H and O–H groups in total. The van der Waals surface area contributed by atoms with Gasteiger partial charge in [-0.05, 0) is 17.2 Å². The van der Waals surface area contributed by atoms with Crippen molar-refractivity contribution in [1.29, 1.82) is 0 Å². The van der Waals surface area contributed by atoms with E-state index in [0.29, 0.717) is 6.42 Å². The summed E-state index contributed by atoms with van der Waals surface area (Å²) in [5.41, 5.74) is 8.17. The molecule has 2 amide bonds. The molecular weight excluding hydrogens is 264 g/mol. The van der Waals surface area contributed by atoms with Crippen LogP contribution in [0.2, 0.25) is 0 Å². The Balaban J connectivity index is 1.91. The average molecular weight is 280 g/mol. The van der Waals surface area contributed by atoms with Crippen LogP contribution in [0.3, 0.4) is 0 Å². The monoisotopic (exact) mass is 280 g/mol. The van der Waals surface area contributed by atoms with Crippen molar-refractivity contribution in [2.45, 2.75) is 18.9 Å². The van der Waals surface area contributed by atoms with Gasteiger partial charge in [0.05, 0.1) is 6.42 Å². The maximum absolute atomic E-state index is 12.6. The molecule has 2 aromatic carbocycles. The van der Waals surface area contributed by atoms with Crippen LogP contribution in [0.15, 0.2) is 54.6 Å². The van der Waals surface area contributed by atoms with Gasteiger partial charge >= 0.3 is 0 Å². The van der Waals surface area contributed by atoms with E-state index in [1.165, 1.54) is 0 Å². The number of benzene rings is 2. The molecular formula is C17H16N2O2. The number of nitrogens with two attached hydrogens (primary N) is 1. The smallest absolute Gasteiger partial charge is 0.240 e. The molecule has 1 heterocycles. The molecule has 0 saturated heterocycles. The van der Waals surface area contributed by atoms with Crippen LogP contribution in [-0.4, -0.2) is 17.9 Å². The lowest BCUT2D eigenvalue weighted by molar-refractivity contribution is -0.124. The highest BCUT2D eigenvalue weighted by Crippen LogP contribution is 2.32. The number of amides is 2. The summed E-state index contributed by atoms with van der Waals surface area (Å²) < 4.78 is 0. The maximum Gasteiger partial charge on any atom is 0.240 e. The second-order valence-corrected chi connectivity index (χ2v) is 5.18. The molecule has 4 heteroatoms. The topological polar surface area (TPSA) is 63.4 Å². The van der Waals surface area contributed by atoms with Gasteiger partial charge in [-0.15, -0.1) is 0 Å². The summed E-state index contributed by atoms with van der Waals surface area (Å²) in [6, 6.07) is 16.5. The fourth-order valence-electron chi connectivity index (χ4n) is 2.78. The normalized spacial score (nSPS) is 16.6. The van der Waals surface area contributed by atoms with Crippen molar-refractivity contribution < 1.29 is 9.59 Å². The van der Waals surface area contributed by atoms with Gasteiger partial charge in [-0.1, -0.05) is 48.5 Å². The van der Waals surface area contributed by atoms with Gasteiger partial charge in [-0.3, -0.25) is 14.5 Å². The largest absolute Gasteiger partial charge is 0.368 e. The van der Waals surface area contributed by atoms with Crippen molar-refractivity contribution in [2.24, 2.45) is 5.73 Å². The zero-order valence-corrected chi connectivity index (χ0v) is 11.5. The number of anilines is 1. The van der Waals surface area contributed by atoms with E-state index in [1.54, 1.807) is 4.90 Å². The molecule has 1 unspecified atom stereocenters.